The molecular formula is C19H23FN4O3. The van der Waals surface area contributed by atoms with E-state index < -0.39 is 17.2 Å². The van der Waals surface area contributed by atoms with Gasteiger partial charge in [-0.05, 0) is 30.5 Å². The number of fused-ring (bicyclic) bond motifs is 1. The highest BCUT2D eigenvalue weighted by Crippen LogP contribution is 2.21. The summed E-state index contributed by atoms with van der Waals surface area (Å²) in [5.74, 6) is -1.20. The third-order valence-corrected chi connectivity index (χ3v) is 4.67. The molecule has 0 atom stereocenters. The molecule has 7 nitrogen and oxygen atoms in total. The molecule has 1 aromatic carbocycles. The van der Waals surface area contributed by atoms with E-state index in [1.165, 1.54) is 10.6 Å². The molecule has 0 aliphatic carbocycles. The Kier molecular flexibility index (Phi) is 5.43. The number of amides is 1. The SMILES string of the molecule is CCCCN1CCn2c1nc(C(=O)NCc1ccc(F)c(C)c1)c(O)c2=O. The molecule has 0 fully saturated rings. The lowest BCUT2D eigenvalue weighted by atomic mass is 10.1. The maximum Gasteiger partial charge on any atom is 0.298 e. The Morgan fingerprint density at radius 3 is 2.85 bits per heavy atom. The normalized spacial score (nSPS) is 12.9. The second-order valence-electron chi connectivity index (χ2n) is 6.67. The van der Waals surface area contributed by atoms with E-state index in [0.29, 0.717) is 30.2 Å². The summed E-state index contributed by atoms with van der Waals surface area (Å²) in [6, 6.07) is 4.53. The van der Waals surface area contributed by atoms with Crippen LogP contribution in [0.2, 0.25) is 0 Å². The van der Waals surface area contributed by atoms with Gasteiger partial charge in [-0.3, -0.25) is 14.2 Å². The van der Waals surface area contributed by atoms with Gasteiger partial charge < -0.3 is 15.3 Å². The van der Waals surface area contributed by atoms with E-state index >= 15 is 0 Å². The van der Waals surface area contributed by atoms with Crippen molar-refractivity contribution >= 4 is 11.9 Å². The summed E-state index contributed by atoms with van der Waals surface area (Å²) < 4.78 is 14.7. The molecule has 0 radical (unpaired) electrons. The Bertz CT molecular complexity index is 926. The van der Waals surface area contributed by atoms with Gasteiger partial charge in [0.15, 0.2) is 5.69 Å². The smallest absolute Gasteiger partial charge is 0.298 e. The van der Waals surface area contributed by atoms with Crippen molar-refractivity contribution in [2.45, 2.75) is 39.8 Å². The first-order valence-electron chi connectivity index (χ1n) is 9.04. The molecule has 27 heavy (non-hydrogen) atoms. The first-order valence-corrected chi connectivity index (χ1v) is 9.04. The average molecular weight is 374 g/mol. The molecule has 0 unspecified atom stereocenters. The van der Waals surface area contributed by atoms with E-state index in [4.69, 9.17) is 0 Å². The van der Waals surface area contributed by atoms with Gasteiger partial charge in [0, 0.05) is 26.2 Å². The number of anilines is 1. The molecule has 0 saturated heterocycles. The first kappa shape index (κ1) is 18.9. The lowest BCUT2D eigenvalue weighted by Crippen LogP contribution is -2.30. The highest BCUT2D eigenvalue weighted by atomic mass is 19.1. The van der Waals surface area contributed by atoms with E-state index in [2.05, 4.69) is 17.2 Å². The van der Waals surface area contributed by atoms with Crippen molar-refractivity contribution in [2.24, 2.45) is 0 Å². The zero-order chi connectivity index (χ0) is 19.6. The highest BCUT2D eigenvalue weighted by molar-refractivity contribution is 5.95. The number of unbranched alkanes of at least 4 members (excludes halogenated alkanes) is 1. The van der Waals surface area contributed by atoms with Crippen molar-refractivity contribution < 1.29 is 14.3 Å². The van der Waals surface area contributed by atoms with Gasteiger partial charge in [-0.25, -0.2) is 9.37 Å². The van der Waals surface area contributed by atoms with Gasteiger partial charge in [-0.2, -0.15) is 0 Å². The molecule has 0 bridgehead atoms. The van der Waals surface area contributed by atoms with E-state index in [1.807, 2.05) is 4.90 Å². The number of aryl methyl sites for hydroxylation is 1. The van der Waals surface area contributed by atoms with Crippen molar-refractivity contribution in [3.63, 3.8) is 0 Å². The van der Waals surface area contributed by atoms with Gasteiger partial charge in [-0.1, -0.05) is 25.5 Å². The number of hydrogen-bond acceptors (Lipinski definition) is 5. The maximum absolute atomic E-state index is 13.3. The molecule has 8 heteroatoms. The molecule has 2 N–H and O–H groups in total. The molecule has 1 aromatic heterocycles. The lowest BCUT2D eigenvalue weighted by Gasteiger charge is -2.17. The van der Waals surface area contributed by atoms with Gasteiger partial charge in [-0.15, -0.1) is 0 Å². The molecule has 0 saturated carbocycles. The Labute approximate surface area is 156 Å². The highest BCUT2D eigenvalue weighted by Gasteiger charge is 2.27. The van der Waals surface area contributed by atoms with Crippen LogP contribution in [0.4, 0.5) is 10.3 Å². The number of hydrogen-bond donors (Lipinski definition) is 2. The fourth-order valence-electron chi connectivity index (χ4n) is 3.10. The molecule has 1 amide bonds. The monoisotopic (exact) mass is 374 g/mol. The van der Waals surface area contributed by atoms with Crippen LogP contribution in [0.3, 0.4) is 0 Å². The van der Waals surface area contributed by atoms with Gasteiger partial charge in [0.05, 0.1) is 0 Å². The van der Waals surface area contributed by atoms with Crippen LogP contribution in [0, 0.1) is 12.7 Å². The number of halogens is 1. The third-order valence-electron chi connectivity index (χ3n) is 4.67. The molecule has 2 aromatic rings. The quantitative estimate of drug-likeness (QED) is 0.807. The van der Waals surface area contributed by atoms with Crippen LogP contribution >= 0.6 is 0 Å². The molecule has 144 valence electrons. The zero-order valence-corrected chi connectivity index (χ0v) is 15.5. The summed E-state index contributed by atoms with van der Waals surface area (Å²) >= 11 is 0. The number of nitrogens with one attached hydrogen (secondary N) is 1. The minimum atomic E-state index is -0.649. The summed E-state index contributed by atoms with van der Waals surface area (Å²) in [6.07, 6.45) is 1.95. The van der Waals surface area contributed by atoms with E-state index in [9.17, 15) is 19.1 Å². The van der Waals surface area contributed by atoms with Gasteiger partial charge in [0.2, 0.25) is 11.7 Å². The molecular weight excluding hydrogens is 351 g/mol. The van der Waals surface area contributed by atoms with Crippen molar-refractivity contribution in [2.75, 3.05) is 18.0 Å². The van der Waals surface area contributed by atoms with Crippen molar-refractivity contribution in [1.29, 1.82) is 0 Å². The Balaban J connectivity index is 1.81. The zero-order valence-electron chi connectivity index (χ0n) is 15.5. The Hall–Kier alpha value is -2.90. The number of nitrogens with zero attached hydrogens (tertiary/aromatic N) is 3. The van der Waals surface area contributed by atoms with Crippen LogP contribution in [0.15, 0.2) is 23.0 Å². The summed E-state index contributed by atoms with van der Waals surface area (Å²) in [5, 5.41) is 12.8. The number of aromatic nitrogens is 2. The van der Waals surface area contributed by atoms with Gasteiger partial charge in [0.25, 0.3) is 11.5 Å². The maximum atomic E-state index is 13.3. The average Bonchev–Trinajstić information content (AvgIpc) is 3.06. The Morgan fingerprint density at radius 2 is 2.15 bits per heavy atom. The standard InChI is InChI=1S/C19H23FN4O3/c1-3-4-7-23-8-9-24-18(27)16(25)15(22-19(23)24)17(26)21-11-13-5-6-14(20)12(2)10-13/h5-6,10,25H,3-4,7-9,11H2,1-2H3,(H,21,26). The summed E-state index contributed by atoms with van der Waals surface area (Å²) in [7, 11) is 0. The predicted molar refractivity (Wildman–Crippen MR) is 99.6 cm³/mol. The van der Waals surface area contributed by atoms with Gasteiger partial charge in [0.1, 0.15) is 5.82 Å². The molecule has 3 rings (SSSR count). The number of carbonyl (C=O) groups excluding carboxylic acids is 1. The summed E-state index contributed by atoms with van der Waals surface area (Å²) in [4.78, 5) is 31.1. The number of carbonyl (C=O) groups is 1. The van der Waals surface area contributed by atoms with Gasteiger partial charge >= 0.3 is 0 Å². The number of aromatic hydroxyl groups is 1. The number of rotatable bonds is 6. The van der Waals surface area contributed by atoms with Crippen LogP contribution in [-0.2, 0) is 13.1 Å². The van der Waals surface area contributed by atoms with E-state index in [1.54, 1.807) is 19.1 Å². The molecule has 1 aliphatic heterocycles. The summed E-state index contributed by atoms with van der Waals surface area (Å²) in [6.45, 7) is 5.66. The molecule has 0 spiro atoms. The third kappa shape index (κ3) is 3.79. The van der Waals surface area contributed by atoms with Crippen LogP contribution in [0.5, 0.6) is 5.75 Å². The molecule has 1 aliphatic rings. The van der Waals surface area contributed by atoms with Crippen LogP contribution in [-0.4, -0.2) is 33.7 Å². The predicted octanol–water partition coefficient (Wildman–Crippen LogP) is 1.95. The lowest BCUT2D eigenvalue weighted by molar-refractivity contribution is 0.0942. The topological polar surface area (TPSA) is 87.5 Å². The van der Waals surface area contributed by atoms with Crippen LogP contribution in [0.25, 0.3) is 0 Å². The van der Waals surface area contributed by atoms with E-state index in [0.717, 1.165) is 19.4 Å². The van der Waals surface area contributed by atoms with Crippen molar-refractivity contribution in [3.8, 4) is 5.75 Å². The summed E-state index contributed by atoms with van der Waals surface area (Å²) in [5.41, 5.74) is 0.296. The largest absolute Gasteiger partial charge is 0.501 e. The van der Waals surface area contributed by atoms with Crippen LogP contribution < -0.4 is 15.8 Å². The Morgan fingerprint density at radius 1 is 1.37 bits per heavy atom. The van der Waals surface area contributed by atoms with Crippen molar-refractivity contribution in [3.05, 3.63) is 51.2 Å². The first-order chi connectivity index (χ1) is 12.9. The minimum Gasteiger partial charge on any atom is -0.501 e. The van der Waals surface area contributed by atoms with Crippen LogP contribution in [0.1, 0.15) is 41.4 Å². The fraction of sp³-hybridized carbons (Fsp3) is 0.421. The second-order valence-corrected chi connectivity index (χ2v) is 6.67. The second kappa shape index (κ2) is 7.77. The minimum absolute atomic E-state index is 0.138. The molecule has 2 heterocycles. The number of benzene rings is 1. The van der Waals surface area contributed by atoms with Crippen molar-refractivity contribution in [1.82, 2.24) is 14.9 Å². The van der Waals surface area contributed by atoms with E-state index in [-0.39, 0.29) is 18.1 Å². The fourth-order valence-corrected chi connectivity index (χ4v) is 3.10.